The first-order chi connectivity index (χ1) is 11.0. The first kappa shape index (κ1) is 14.6. The SMILES string of the molecule is CC(=O)c1nn(CC(=O)O)c2ccc(-c3cnc(O)nc3)cc12. The molecule has 116 valence electrons. The van der Waals surface area contributed by atoms with Gasteiger partial charge in [-0.1, -0.05) is 6.07 Å². The summed E-state index contributed by atoms with van der Waals surface area (Å²) in [5.41, 5.74) is 2.16. The van der Waals surface area contributed by atoms with E-state index in [-0.39, 0.29) is 24.0 Å². The third kappa shape index (κ3) is 2.73. The van der Waals surface area contributed by atoms with Crippen molar-refractivity contribution in [1.29, 1.82) is 0 Å². The lowest BCUT2D eigenvalue weighted by molar-refractivity contribution is -0.137. The molecule has 1 aromatic carbocycles. The first-order valence-corrected chi connectivity index (χ1v) is 6.70. The minimum Gasteiger partial charge on any atom is -0.480 e. The van der Waals surface area contributed by atoms with Gasteiger partial charge in [-0.3, -0.25) is 14.3 Å². The van der Waals surface area contributed by atoms with Crippen LogP contribution in [-0.4, -0.2) is 41.7 Å². The Kier molecular flexibility index (Phi) is 3.49. The summed E-state index contributed by atoms with van der Waals surface area (Å²) in [7, 11) is 0. The van der Waals surface area contributed by atoms with Crippen LogP contribution in [-0.2, 0) is 11.3 Å². The Hall–Kier alpha value is -3.29. The van der Waals surface area contributed by atoms with E-state index in [1.54, 1.807) is 18.2 Å². The van der Waals surface area contributed by atoms with Crippen LogP contribution < -0.4 is 0 Å². The zero-order valence-corrected chi connectivity index (χ0v) is 12.1. The Morgan fingerprint density at radius 2 is 1.87 bits per heavy atom. The predicted molar refractivity (Wildman–Crippen MR) is 80.1 cm³/mol. The summed E-state index contributed by atoms with van der Waals surface area (Å²) in [5.74, 6) is -1.29. The number of aromatic hydroxyl groups is 1. The van der Waals surface area contributed by atoms with Crippen molar-refractivity contribution in [3.05, 3.63) is 36.3 Å². The van der Waals surface area contributed by atoms with Crippen molar-refractivity contribution in [2.75, 3.05) is 0 Å². The summed E-state index contributed by atoms with van der Waals surface area (Å²) < 4.78 is 1.28. The molecule has 0 aliphatic carbocycles. The van der Waals surface area contributed by atoms with E-state index in [1.165, 1.54) is 24.0 Å². The summed E-state index contributed by atoms with van der Waals surface area (Å²) in [6.45, 7) is 1.05. The van der Waals surface area contributed by atoms with Gasteiger partial charge in [-0.05, 0) is 17.7 Å². The largest absolute Gasteiger partial charge is 0.480 e. The molecule has 8 nitrogen and oxygen atoms in total. The van der Waals surface area contributed by atoms with E-state index in [0.29, 0.717) is 16.5 Å². The number of aromatic nitrogens is 4. The quantitative estimate of drug-likeness (QED) is 0.700. The Bertz CT molecular complexity index is 915. The maximum Gasteiger partial charge on any atom is 0.325 e. The summed E-state index contributed by atoms with van der Waals surface area (Å²) >= 11 is 0. The maximum absolute atomic E-state index is 11.8. The lowest BCUT2D eigenvalue weighted by Crippen LogP contribution is -2.10. The molecule has 0 radical (unpaired) electrons. The van der Waals surface area contributed by atoms with E-state index in [9.17, 15) is 9.59 Å². The highest BCUT2D eigenvalue weighted by Crippen LogP contribution is 2.26. The van der Waals surface area contributed by atoms with Crippen molar-refractivity contribution in [3.63, 3.8) is 0 Å². The molecule has 0 aliphatic heterocycles. The first-order valence-electron chi connectivity index (χ1n) is 6.70. The predicted octanol–water partition coefficient (Wildman–Crippen LogP) is 1.49. The second-order valence-corrected chi connectivity index (χ2v) is 4.96. The van der Waals surface area contributed by atoms with Crippen LogP contribution >= 0.6 is 0 Å². The molecule has 0 bridgehead atoms. The maximum atomic E-state index is 11.8. The summed E-state index contributed by atoms with van der Waals surface area (Å²) in [4.78, 5) is 30.1. The van der Waals surface area contributed by atoms with Crippen molar-refractivity contribution in [3.8, 4) is 17.1 Å². The molecule has 0 aliphatic rings. The Balaban J connectivity index is 2.18. The van der Waals surface area contributed by atoms with Crippen molar-refractivity contribution in [1.82, 2.24) is 19.7 Å². The van der Waals surface area contributed by atoms with Crippen molar-refractivity contribution in [2.45, 2.75) is 13.5 Å². The molecule has 2 aromatic heterocycles. The van der Waals surface area contributed by atoms with E-state index in [2.05, 4.69) is 15.1 Å². The molecule has 0 saturated carbocycles. The molecule has 3 rings (SSSR count). The average Bonchev–Trinajstić information content (AvgIpc) is 2.85. The van der Waals surface area contributed by atoms with Crippen LogP contribution in [0.4, 0.5) is 0 Å². The topological polar surface area (TPSA) is 118 Å². The van der Waals surface area contributed by atoms with Gasteiger partial charge in [0.15, 0.2) is 5.78 Å². The number of hydrogen-bond acceptors (Lipinski definition) is 6. The molecule has 0 unspecified atom stereocenters. The van der Waals surface area contributed by atoms with Crippen molar-refractivity contribution in [2.24, 2.45) is 0 Å². The monoisotopic (exact) mass is 312 g/mol. The van der Waals surface area contributed by atoms with Crippen molar-refractivity contribution >= 4 is 22.7 Å². The number of carboxylic acids is 1. The minimum atomic E-state index is -1.04. The van der Waals surface area contributed by atoms with E-state index >= 15 is 0 Å². The van der Waals surface area contributed by atoms with Gasteiger partial charge in [0.25, 0.3) is 0 Å². The normalized spacial score (nSPS) is 10.8. The molecule has 0 atom stereocenters. The van der Waals surface area contributed by atoms with Gasteiger partial charge in [0.1, 0.15) is 12.2 Å². The Morgan fingerprint density at radius 1 is 1.17 bits per heavy atom. The number of aliphatic carboxylic acids is 1. The molecular weight excluding hydrogens is 300 g/mol. The third-order valence-electron chi connectivity index (χ3n) is 3.34. The fourth-order valence-electron chi connectivity index (χ4n) is 2.34. The molecule has 8 heteroatoms. The van der Waals surface area contributed by atoms with Gasteiger partial charge in [0.05, 0.1) is 5.52 Å². The number of benzene rings is 1. The highest BCUT2D eigenvalue weighted by Gasteiger charge is 2.16. The highest BCUT2D eigenvalue weighted by atomic mass is 16.4. The van der Waals surface area contributed by atoms with Crippen LogP contribution in [0, 0.1) is 0 Å². The third-order valence-corrected chi connectivity index (χ3v) is 3.34. The van der Waals surface area contributed by atoms with Gasteiger partial charge in [0, 0.05) is 30.3 Å². The number of carboxylic acid groups (broad SMARTS) is 1. The van der Waals surface area contributed by atoms with Gasteiger partial charge in [0.2, 0.25) is 0 Å². The van der Waals surface area contributed by atoms with Crippen molar-refractivity contribution < 1.29 is 19.8 Å². The fourth-order valence-corrected chi connectivity index (χ4v) is 2.34. The molecule has 2 heterocycles. The smallest absolute Gasteiger partial charge is 0.325 e. The zero-order chi connectivity index (χ0) is 16.6. The number of carbonyl (C=O) groups excluding carboxylic acids is 1. The lowest BCUT2D eigenvalue weighted by Gasteiger charge is -2.03. The van der Waals surface area contributed by atoms with Gasteiger partial charge in [-0.2, -0.15) is 5.10 Å². The number of carbonyl (C=O) groups is 2. The van der Waals surface area contributed by atoms with Crippen LogP contribution in [0.3, 0.4) is 0 Å². The summed E-state index contributed by atoms with van der Waals surface area (Å²) in [6.07, 6.45) is 2.91. The van der Waals surface area contributed by atoms with E-state index in [1.807, 2.05) is 0 Å². The van der Waals surface area contributed by atoms with Crippen LogP contribution in [0.5, 0.6) is 6.01 Å². The Labute approximate surface area is 130 Å². The van der Waals surface area contributed by atoms with E-state index < -0.39 is 5.97 Å². The van der Waals surface area contributed by atoms with Crippen LogP contribution in [0.2, 0.25) is 0 Å². The number of hydrogen-bond donors (Lipinski definition) is 2. The van der Waals surface area contributed by atoms with Crippen LogP contribution in [0.15, 0.2) is 30.6 Å². The molecule has 2 N–H and O–H groups in total. The van der Waals surface area contributed by atoms with E-state index in [0.717, 1.165) is 5.56 Å². The second-order valence-electron chi connectivity index (χ2n) is 4.96. The standard InChI is InChI=1S/C15H12N4O4/c1-8(20)14-11-4-9(10-5-16-15(23)17-6-10)2-3-12(11)19(18-14)7-13(21)22/h2-6H,7H2,1H3,(H,21,22)(H,16,17,23). The number of nitrogens with zero attached hydrogens (tertiary/aromatic N) is 4. The number of Topliss-reactive ketones (excluding diaryl/α,β-unsaturated/α-hetero) is 1. The fraction of sp³-hybridized carbons (Fsp3) is 0.133. The summed E-state index contributed by atoms with van der Waals surface area (Å²) in [6, 6.07) is 4.85. The highest BCUT2D eigenvalue weighted by molar-refractivity contribution is 6.06. The molecule has 3 aromatic rings. The molecule has 23 heavy (non-hydrogen) atoms. The van der Waals surface area contributed by atoms with E-state index in [4.69, 9.17) is 10.2 Å². The molecule has 0 saturated heterocycles. The van der Waals surface area contributed by atoms with Gasteiger partial charge in [-0.25, -0.2) is 9.97 Å². The Morgan fingerprint density at radius 3 is 2.48 bits per heavy atom. The number of fused-ring (bicyclic) bond motifs is 1. The second kappa shape index (κ2) is 5.48. The molecule has 0 fully saturated rings. The van der Waals surface area contributed by atoms with Gasteiger partial charge < -0.3 is 10.2 Å². The summed E-state index contributed by atoms with van der Waals surface area (Å²) in [5, 5.41) is 22.7. The molecule has 0 amide bonds. The molecular formula is C15H12N4O4. The zero-order valence-electron chi connectivity index (χ0n) is 12.1. The van der Waals surface area contributed by atoms with Gasteiger partial charge in [-0.15, -0.1) is 0 Å². The average molecular weight is 312 g/mol. The van der Waals surface area contributed by atoms with Crippen LogP contribution in [0.25, 0.3) is 22.0 Å². The number of ketones is 1. The van der Waals surface area contributed by atoms with Crippen LogP contribution in [0.1, 0.15) is 17.4 Å². The molecule has 0 spiro atoms. The van der Waals surface area contributed by atoms with Gasteiger partial charge >= 0.3 is 12.0 Å². The lowest BCUT2D eigenvalue weighted by atomic mass is 10.0. The number of rotatable bonds is 4. The minimum absolute atomic E-state index is 0.211.